The average molecular weight is 299 g/mol. The van der Waals surface area contributed by atoms with Crippen LogP contribution >= 0.6 is 0 Å². The van der Waals surface area contributed by atoms with Crippen molar-refractivity contribution < 1.29 is 9.53 Å². The Labute approximate surface area is 132 Å². The fraction of sp³-hybridized carbons (Fsp3) is 0.944. The molecular formula is C18H37NO2. The van der Waals surface area contributed by atoms with Crippen LogP contribution in [-0.2, 0) is 9.53 Å². The number of esters is 1. The smallest absolute Gasteiger partial charge is 0.306 e. The molecule has 126 valence electrons. The molecule has 1 atom stereocenters. The number of ether oxygens (including phenoxy) is 1. The predicted molar refractivity (Wildman–Crippen MR) is 90.3 cm³/mol. The van der Waals surface area contributed by atoms with Crippen LogP contribution in [0.3, 0.4) is 0 Å². The van der Waals surface area contributed by atoms with Gasteiger partial charge in [0.25, 0.3) is 0 Å². The highest BCUT2D eigenvalue weighted by molar-refractivity contribution is 5.69. The van der Waals surface area contributed by atoms with E-state index in [-0.39, 0.29) is 12.1 Å². The second-order valence-corrected chi connectivity index (χ2v) is 6.03. The Kier molecular flexibility index (Phi) is 15.4. The summed E-state index contributed by atoms with van der Waals surface area (Å²) in [5.74, 6) is -0.0261. The number of carbonyl (C=O) groups excluding carboxylic acids is 1. The molecule has 3 heteroatoms. The summed E-state index contributed by atoms with van der Waals surface area (Å²) in [5, 5.41) is 0. The highest BCUT2D eigenvalue weighted by Gasteiger charge is 2.11. The van der Waals surface area contributed by atoms with Gasteiger partial charge in [-0.1, -0.05) is 65.2 Å². The van der Waals surface area contributed by atoms with Crippen molar-refractivity contribution >= 4 is 5.97 Å². The van der Waals surface area contributed by atoms with Gasteiger partial charge in [-0.05, 0) is 32.2 Å². The lowest BCUT2D eigenvalue weighted by molar-refractivity contribution is -0.149. The maximum Gasteiger partial charge on any atom is 0.306 e. The Hall–Kier alpha value is -0.570. The van der Waals surface area contributed by atoms with Crippen LogP contribution in [0.2, 0.25) is 0 Å². The van der Waals surface area contributed by atoms with Gasteiger partial charge >= 0.3 is 5.97 Å². The van der Waals surface area contributed by atoms with Crippen LogP contribution in [0.15, 0.2) is 0 Å². The summed E-state index contributed by atoms with van der Waals surface area (Å²) in [7, 11) is 0. The van der Waals surface area contributed by atoms with Gasteiger partial charge in [-0.2, -0.15) is 0 Å². The van der Waals surface area contributed by atoms with Gasteiger partial charge in [0.05, 0.1) is 0 Å². The number of carbonyl (C=O) groups is 1. The molecule has 0 aromatic carbocycles. The van der Waals surface area contributed by atoms with E-state index in [2.05, 4.69) is 13.8 Å². The highest BCUT2D eigenvalue weighted by atomic mass is 16.5. The first kappa shape index (κ1) is 20.4. The standard InChI is InChI=1S/C18H37NO2/c1-3-5-6-7-8-9-10-11-12-15-18(20)21-17(4-2)14-13-16-19/h17H,3-16,19H2,1-2H3. The number of unbranched alkanes of at least 4 members (excludes halogenated alkanes) is 8. The second-order valence-electron chi connectivity index (χ2n) is 6.03. The second kappa shape index (κ2) is 15.8. The normalized spacial score (nSPS) is 12.3. The monoisotopic (exact) mass is 299 g/mol. The zero-order valence-electron chi connectivity index (χ0n) is 14.4. The Morgan fingerprint density at radius 2 is 1.48 bits per heavy atom. The SMILES string of the molecule is CCCCCCCCCCCC(=O)OC(CC)CCCN. The van der Waals surface area contributed by atoms with Crippen LogP contribution in [0.25, 0.3) is 0 Å². The lowest BCUT2D eigenvalue weighted by Gasteiger charge is -2.15. The van der Waals surface area contributed by atoms with Crippen LogP contribution in [0, 0.1) is 0 Å². The third-order valence-corrected chi connectivity index (χ3v) is 3.97. The molecule has 0 aliphatic carbocycles. The van der Waals surface area contributed by atoms with Gasteiger partial charge in [0.2, 0.25) is 0 Å². The van der Waals surface area contributed by atoms with E-state index in [1.54, 1.807) is 0 Å². The summed E-state index contributed by atoms with van der Waals surface area (Å²) in [4.78, 5) is 11.7. The van der Waals surface area contributed by atoms with Crippen molar-refractivity contribution in [3.8, 4) is 0 Å². The number of rotatable bonds is 15. The van der Waals surface area contributed by atoms with Crippen LogP contribution in [-0.4, -0.2) is 18.6 Å². The van der Waals surface area contributed by atoms with Gasteiger partial charge in [0.1, 0.15) is 6.10 Å². The van der Waals surface area contributed by atoms with E-state index in [0.717, 1.165) is 32.1 Å². The van der Waals surface area contributed by atoms with Gasteiger partial charge < -0.3 is 10.5 Å². The summed E-state index contributed by atoms with van der Waals surface area (Å²) in [6.07, 6.45) is 14.8. The number of nitrogens with two attached hydrogens (primary N) is 1. The van der Waals surface area contributed by atoms with E-state index in [1.807, 2.05) is 0 Å². The van der Waals surface area contributed by atoms with Crippen molar-refractivity contribution in [2.75, 3.05) is 6.54 Å². The van der Waals surface area contributed by atoms with E-state index >= 15 is 0 Å². The maximum absolute atomic E-state index is 11.7. The largest absolute Gasteiger partial charge is 0.462 e. The molecule has 0 aliphatic rings. The van der Waals surface area contributed by atoms with E-state index in [1.165, 1.54) is 44.9 Å². The molecule has 0 saturated heterocycles. The molecule has 0 rings (SSSR count). The van der Waals surface area contributed by atoms with Crippen molar-refractivity contribution in [1.82, 2.24) is 0 Å². The third kappa shape index (κ3) is 14.1. The zero-order valence-corrected chi connectivity index (χ0v) is 14.4. The minimum absolute atomic E-state index is 0.0261. The Morgan fingerprint density at radius 3 is 2.00 bits per heavy atom. The maximum atomic E-state index is 11.7. The van der Waals surface area contributed by atoms with Gasteiger partial charge in [-0.25, -0.2) is 0 Å². The first-order valence-electron chi connectivity index (χ1n) is 9.14. The first-order valence-corrected chi connectivity index (χ1v) is 9.14. The van der Waals surface area contributed by atoms with E-state index in [9.17, 15) is 4.79 Å². The molecule has 0 aliphatic heterocycles. The average Bonchev–Trinajstić information content (AvgIpc) is 2.49. The van der Waals surface area contributed by atoms with Crippen LogP contribution in [0.1, 0.15) is 97.3 Å². The topological polar surface area (TPSA) is 52.3 Å². The molecule has 0 fully saturated rings. The van der Waals surface area contributed by atoms with Crippen molar-refractivity contribution in [3.05, 3.63) is 0 Å². The van der Waals surface area contributed by atoms with Crippen molar-refractivity contribution in [1.29, 1.82) is 0 Å². The molecule has 21 heavy (non-hydrogen) atoms. The van der Waals surface area contributed by atoms with Crippen LogP contribution in [0.5, 0.6) is 0 Å². The molecule has 0 spiro atoms. The zero-order chi connectivity index (χ0) is 15.8. The van der Waals surface area contributed by atoms with Gasteiger partial charge in [0, 0.05) is 6.42 Å². The summed E-state index contributed by atoms with van der Waals surface area (Å²) in [6.45, 7) is 4.98. The number of hydrogen-bond acceptors (Lipinski definition) is 3. The van der Waals surface area contributed by atoms with E-state index in [4.69, 9.17) is 10.5 Å². The molecule has 0 aromatic rings. The summed E-state index contributed by atoms with van der Waals surface area (Å²) in [5.41, 5.74) is 5.49. The first-order chi connectivity index (χ1) is 10.2. The van der Waals surface area contributed by atoms with Crippen molar-refractivity contribution in [2.24, 2.45) is 5.73 Å². The van der Waals surface area contributed by atoms with Gasteiger partial charge in [-0.15, -0.1) is 0 Å². The molecule has 0 heterocycles. The predicted octanol–water partition coefficient (Wildman–Crippen LogP) is 4.97. The molecule has 2 N–H and O–H groups in total. The van der Waals surface area contributed by atoms with Gasteiger partial charge in [-0.3, -0.25) is 4.79 Å². The fourth-order valence-corrected chi connectivity index (χ4v) is 2.52. The van der Waals surface area contributed by atoms with Crippen LogP contribution < -0.4 is 5.73 Å². The van der Waals surface area contributed by atoms with E-state index < -0.39 is 0 Å². The van der Waals surface area contributed by atoms with E-state index in [0.29, 0.717) is 13.0 Å². The van der Waals surface area contributed by atoms with Gasteiger partial charge in [0.15, 0.2) is 0 Å². The van der Waals surface area contributed by atoms with Crippen LogP contribution in [0.4, 0.5) is 0 Å². The lowest BCUT2D eigenvalue weighted by atomic mass is 10.1. The van der Waals surface area contributed by atoms with Crippen molar-refractivity contribution in [2.45, 2.75) is 103 Å². The molecule has 0 bridgehead atoms. The summed E-state index contributed by atoms with van der Waals surface area (Å²) >= 11 is 0. The van der Waals surface area contributed by atoms with Crippen molar-refractivity contribution in [3.63, 3.8) is 0 Å². The minimum Gasteiger partial charge on any atom is -0.462 e. The minimum atomic E-state index is -0.0261. The fourth-order valence-electron chi connectivity index (χ4n) is 2.52. The third-order valence-electron chi connectivity index (χ3n) is 3.97. The molecule has 0 aromatic heterocycles. The molecular weight excluding hydrogens is 262 g/mol. The molecule has 1 unspecified atom stereocenters. The Bertz CT molecular complexity index is 231. The summed E-state index contributed by atoms with van der Waals surface area (Å²) in [6, 6.07) is 0. The quantitative estimate of drug-likeness (QED) is 0.343. The lowest BCUT2D eigenvalue weighted by Crippen LogP contribution is -2.18. The highest BCUT2D eigenvalue weighted by Crippen LogP contribution is 2.12. The number of hydrogen-bond donors (Lipinski definition) is 1. The Morgan fingerprint density at radius 1 is 0.905 bits per heavy atom. The molecule has 0 amide bonds. The molecule has 0 saturated carbocycles. The molecule has 3 nitrogen and oxygen atoms in total. The Balaban J connectivity index is 3.40. The summed E-state index contributed by atoms with van der Waals surface area (Å²) < 4.78 is 5.48. The molecule has 0 radical (unpaired) electrons.